The van der Waals surface area contributed by atoms with Gasteiger partial charge in [0.25, 0.3) is 0 Å². The zero-order valence-electron chi connectivity index (χ0n) is 10.7. The number of hydrogen-bond acceptors (Lipinski definition) is 2. The van der Waals surface area contributed by atoms with Gasteiger partial charge in [0.1, 0.15) is 10.3 Å². The number of terminal acetylenes is 1. The summed E-state index contributed by atoms with van der Waals surface area (Å²) in [6.07, 6.45) is 5.85. The van der Waals surface area contributed by atoms with E-state index in [-0.39, 0.29) is 33.5 Å². The van der Waals surface area contributed by atoms with Gasteiger partial charge in [0, 0.05) is 18.0 Å². The second kappa shape index (κ2) is 5.03. The molecule has 100 valence electrons. The molecule has 1 aliphatic carbocycles. The molecule has 2 rings (SSSR count). The Morgan fingerprint density at radius 2 is 2.05 bits per heavy atom. The number of pyridine rings is 1. The van der Waals surface area contributed by atoms with Crippen LogP contribution in [0.3, 0.4) is 0 Å². The first-order valence-electron chi connectivity index (χ1n) is 5.93. The van der Waals surface area contributed by atoms with Gasteiger partial charge < -0.3 is 5.32 Å². The third-order valence-corrected chi connectivity index (χ3v) is 4.07. The van der Waals surface area contributed by atoms with E-state index >= 15 is 0 Å². The molecule has 19 heavy (non-hydrogen) atoms. The maximum Gasteiger partial charge on any atom is 0.224 e. The first-order chi connectivity index (χ1) is 8.84. The molecule has 0 aliphatic heterocycles. The van der Waals surface area contributed by atoms with Gasteiger partial charge in [-0.25, -0.2) is 4.98 Å². The van der Waals surface area contributed by atoms with E-state index in [1.54, 1.807) is 12.1 Å². The van der Waals surface area contributed by atoms with Crippen LogP contribution in [0.2, 0.25) is 10.3 Å². The highest BCUT2D eigenvalue weighted by Gasteiger charge is 2.57. The van der Waals surface area contributed by atoms with Crippen molar-refractivity contribution in [2.75, 3.05) is 5.32 Å². The lowest BCUT2D eigenvalue weighted by atomic mass is 10.1. The molecule has 1 saturated carbocycles. The van der Waals surface area contributed by atoms with Crippen molar-refractivity contribution in [1.82, 2.24) is 4.98 Å². The standard InChI is InChI=1S/C14H14Cl2N2O/c1-4-9-10(14(9,2)3)7-13(19)17-8-5-11(15)18-12(16)6-8/h1,5-6,9-10H,7H2,2-3H3,(H,17,18,19)/t9-,10-/m1/s1. The Bertz CT molecular complexity index is 543. The normalized spacial score (nSPS) is 23.5. The summed E-state index contributed by atoms with van der Waals surface area (Å²) in [5.74, 6) is 3.04. The van der Waals surface area contributed by atoms with Crippen molar-refractivity contribution in [3.05, 3.63) is 22.4 Å². The van der Waals surface area contributed by atoms with Gasteiger partial charge in [-0.3, -0.25) is 4.79 Å². The molecule has 1 aliphatic rings. The minimum Gasteiger partial charge on any atom is -0.326 e. The zero-order chi connectivity index (χ0) is 14.2. The van der Waals surface area contributed by atoms with Crippen LogP contribution >= 0.6 is 23.2 Å². The van der Waals surface area contributed by atoms with E-state index in [0.717, 1.165) is 0 Å². The molecule has 0 unspecified atom stereocenters. The highest BCUT2D eigenvalue weighted by Crippen LogP contribution is 2.59. The average Bonchev–Trinajstić information content (AvgIpc) is 2.77. The van der Waals surface area contributed by atoms with Crippen molar-refractivity contribution in [3.63, 3.8) is 0 Å². The second-order valence-corrected chi connectivity index (χ2v) is 6.10. The molecule has 0 aromatic carbocycles. The van der Waals surface area contributed by atoms with E-state index in [2.05, 4.69) is 30.1 Å². The summed E-state index contributed by atoms with van der Waals surface area (Å²) in [4.78, 5) is 15.8. The Morgan fingerprint density at radius 3 is 2.53 bits per heavy atom. The Hall–Kier alpha value is -1.24. The quantitative estimate of drug-likeness (QED) is 0.684. The lowest BCUT2D eigenvalue weighted by Crippen LogP contribution is -2.13. The van der Waals surface area contributed by atoms with Gasteiger partial charge in [0.2, 0.25) is 5.91 Å². The molecule has 1 fully saturated rings. The molecule has 2 atom stereocenters. The van der Waals surface area contributed by atoms with Gasteiger partial charge in [0.05, 0.1) is 0 Å². The van der Waals surface area contributed by atoms with Gasteiger partial charge in [0.15, 0.2) is 0 Å². The maximum atomic E-state index is 11.9. The number of rotatable bonds is 3. The lowest BCUT2D eigenvalue weighted by Gasteiger charge is -2.06. The molecular formula is C14H14Cl2N2O. The molecule has 1 amide bonds. The Morgan fingerprint density at radius 1 is 1.47 bits per heavy atom. The zero-order valence-corrected chi connectivity index (χ0v) is 12.2. The minimum atomic E-state index is -0.0887. The minimum absolute atomic E-state index is 0.0413. The van der Waals surface area contributed by atoms with E-state index in [1.807, 2.05) is 0 Å². The van der Waals surface area contributed by atoms with Crippen molar-refractivity contribution in [3.8, 4) is 12.3 Å². The van der Waals surface area contributed by atoms with Gasteiger partial charge in [-0.1, -0.05) is 37.0 Å². The molecule has 1 N–H and O–H groups in total. The Labute approximate surface area is 122 Å². The molecule has 3 nitrogen and oxygen atoms in total. The van der Waals surface area contributed by atoms with E-state index in [9.17, 15) is 4.79 Å². The van der Waals surface area contributed by atoms with Crippen LogP contribution in [0.4, 0.5) is 5.69 Å². The van der Waals surface area contributed by atoms with Crippen LogP contribution in [0.25, 0.3) is 0 Å². The molecule has 5 heteroatoms. The van der Waals surface area contributed by atoms with Crippen LogP contribution in [-0.2, 0) is 4.79 Å². The first-order valence-corrected chi connectivity index (χ1v) is 6.69. The smallest absolute Gasteiger partial charge is 0.224 e. The van der Waals surface area contributed by atoms with Gasteiger partial charge >= 0.3 is 0 Å². The summed E-state index contributed by atoms with van der Waals surface area (Å²) in [6, 6.07) is 3.12. The van der Waals surface area contributed by atoms with Gasteiger partial charge in [-0.2, -0.15) is 0 Å². The van der Waals surface area contributed by atoms with E-state index in [1.165, 1.54) is 0 Å². The predicted molar refractivity (Wildman–Crippen MR) is 77.1 cm³/mol. The Kier molecular flexibility index (Phi) is 3.75. The fraction of sp³-hybridized carbons (Fsp3) is 0.429. The summed E-state index contributed by atoms with van der Waals surface area (Å²) in [7, 11) is 0. The largest absolute Gasteiger partial charge is 0.326 e. The van der Waals surface area contributed by atoms with Crippen molar-refractivity contribution >= 4 is 34.8 Å². The van der Waals surface area contributed by atoms with Gasteiger partial charge in [-0.15, -0.1) is 12.3 Å². The molecule has 0 radical (unpaired) electrons. The fourth-order valence-corrected chi connectivity index (χ4v) is 2.87. The fourth-order valence-electron chi connectivity index (χ4n) is 2.40. The molecule has 1 aromatic heterocycles. The van der Waals surface area contributed by atoms with Crippen LogP contribution in [-0.4, -0.2) is 10.9 Å². The first kappa shape index (κ1) is 14.2. The topological polar surface area (TPSA) is 42.0 Å². The van der Waals surface area contributed by atoms with Crippen molar-refractivity contribution < 1.29 is 4.79 Å². The number of carbonyl (C=O) groups excluding carboxylic acids is 1. The third kappa shape index (κ3) is 3.02. The average molecular weight is 297 g/mol. The van der Waals surface area contributed by atoms with Crippen LogP contribution < -0.4 is 5.32 Å². The van der Waals surface area contributed by atoms with Crippen LogP contribution in [0.15, 0.2) is 12.1 Å². The van der Waals surface area contributed by atoms with E-state index < -0.39 is 0 Å². The van der Waals surface area contributed by atoms with Crippen molar-refractivity contribution in [1.29, 1.82) is 0 Å². The number of nitrogens with zero attached hydrogens (tertiary/aromatic N) is 1. The summed E-state index contributed by atoms with van der Waals surface area (Å²) in [6.45, 7) is 4.16. The summed E-state index contributed by atoms with van der Waals surface area (Å²) >= 11 is 11.5. The number of amides is 1. The van der Waals surface area contributed by atoms with Crippen molar-refractivity contribution in [2.45, 2.75) is 20.3 Å². The number of halogens is 2. The summed E-state index contributed by atoms with van der Waals surface area (Å²) in [5, 5.41) is 3.25. The third-order valence-electron chi connectivity index (χ3n) is 3.68. The van der Waals surface area contributed by atoms with Gasteiger partial charge in [-0.05, 0) is 23.5 Å². The van der Waals surface area contributed by atoms with Crippen LogP contribution in [0.5, 0.6) is 0 Å². The highest BCUT2D eigenvalue weighted by molar-refractivity contribution is 6.32. The molecule has 1 aromatic rings. The van der Waals surface area contributed by atoms with E-state index in [4.69, 9.17) is 29.6 Å². The molecule has 1 heterocycles. The number of hydrogen-bond donors (Lipinski definition) is 1. The number of nitrogens with one attached hydrogen (secondary N) is 1. The maximum absolute atomic E-state index is 11.9. The summed E-state index contributed by atoms with van der Waals surface area (Å²) < 4.78 is 0. The van der Waals surface area contributed by atoms with E-state index in [0.29, 0.717) is 12.1 Å². The molecule has 0 spiro atoms. The SMILES string of the molecule is C#C[C@@H]1[C@@H](CC(=O)Nc2cc(Cl)nc(Cl)c2)C1(C)C. The van der Waals surface area contributed by atoms with Crippen molar-refractivity contribution in [2.24, 2.45) is 17.3 Å². The predicted octanol–water partition coefficient (Wildman–Crippen LogP) is 3.62. The lowest BCUT2D eigenvalue weighted by molar-refractivity contribution is -0.116. The van der Waals surface area contributed by atoms with Crippen LogP contribution in [0, 0.1) is 29.6 Å². The molecule has 0 saturated heterocycles. The number of carbonyl (C=O) groups is 1. The highest BCUT2D eigenvalue weighted by atomic mass is 35.5. The number of anilines is 1. The summed E-state index contributed by atoms with van der Waals surface area (Å²) in [5.41, 5.74) is 0.588. The second-order valence-electron chi connectivity index (χ2n) is 5.33. The molecule has 0 bridgehead atoms. The molecular weight excluding hydrogens is 283 g/mol. The number of aromatic nitrogens is 1. The monoisotopic (exact) mass is 296 g/mol. The Balaban J connectivity index is 1.98. The van der Waals surface area contributed by atoms with Crippen LogP contribution in [0.1, 0.15) is 20.3 Å².